The minimum atomic E-state index is -0.621. The summed E-state index contributed by atoms with van der Waals surface area (Å²) in [4.78, 5) is 25.3. The predicted octanol–water partition coefficient (Wildman–Crippen LogP) is 0.774. The Morgan fingerprint density at radius 3 is 2.89 bits per heavy atom. The van der Waals surface area contributed by atoms with Gasteiger partial charge >= 0.3 is 11.8 Å². The minimum absolute atomic E-state index is 0.0588. The molecule has 1 aromatic rings. The van der Waals surface area contributed by atoms with Crippen molar-refractivity contribution in [3.8, 4) is 0 Å². The molecule has 1 aromatic carbocycles. The molecule has 2 amide bonds. The maximum Gasteiger partial charge on any atom is 0.313 e. The fraction of sp³-hybridized carbons (Fsp3) is 0.429. The van der Waals surface area contributed by atoms with E-state index in [2.05, 4.69) is 5.32 Å². The molecule has 1 atom stereocenters. The van der Waals surface area contributed by atoms with E-state index in [0.717, 1.165) is 12.0 Å². The Balaban J connectivity index is 1.95. The van der Waals surface area contributed by atoms with Gasteiger partial charge in [0.2, 0.25) is 0 Å². The molecular formula is C14H18N2O3. The number of benzene rings is 1. The van der Waals surface area contributed by atoms with Crippen LogP contribution >= 0.6 is 0 Å². The molecule has 5 nitrogen and oxygen atoms in total. The topological polar surface area (TPSA) is 69.6 Å². The molecule has 1 saturated heterocycles. The third kappa shape index (κ3) is 3.32. The molecule has 19 heavy (non-hydrogen) atoms. The zero-order valence-corrected chi connectivity index (χ0v) is 10.9. The first-order valence-electron chi connectivity index (χ1n) is 6.38. The Morgan fingerprint density at radius 2 is 2.26 bits per heavy atom. The van der Waals surface area contributed by atoms with Crippen LogP contribution in [0.5, 0.6) is 0 Å². The van der Waals surface area contributed by atoms with Gasteiger partial charge in [0.15, 0.2) is 0 Å². The molecule has 2 N–H and O–H groups in total. The van der Waals surface area contributed by atoms with Crippen molar-refractivity contribution in [2.45, 2.75) is 13.3 Å². The van der Waals surface area contributed by atoms with Crippen LogP contribution in [0.4, 0.5) is 5.69 Å². The van der Waals surface area contributed by atoms with Crippen molar-refractivity contribution in [3.05, 3.63) is 29.8 Å². The number of likely N-dealkylation sites (tertiary alicyclic amines) is 1. The van der Waals surface area contributed by atoms with E-state index in [1.807, 2.05) is 25.1 Å². The van der Waals surface area contributed by atoms with Gasteiger partial charge in [0, 0.05) is 31.3 Å². The Kier molecular flexibility index (Phi) is 4.16. The summed E-state index contributed by atoms with van der Waals surface area (Å²) in [7, 11) is 0. The molecule has 0 bridgehead atoms. The molecule has 1 unspecified atom stereocenters. The molecule has 1 heterocycles. The molecule has 0 aromatic heterocycles. The van der Waals surface area contributed by atoms with E-state index in [1.165, 1.54) is 4.90 Å². The van der Waals surface area contributed by atoms with Crippen molar-refractivity contribution < 1.29 is 14.7 Å². The molecule has 2 rings (SSSR count). The van der Waals surface area contributed by atoms with Crippen LogP contribution < -0.4 is 5.32 Å². The zero-order valence-electron chi connectivity index (χ0n) is 10.9. The molecule has 0 saturated carbocycles. The summed E-state index contributed by atoms with van der Waals surface area (Å²) >= 11 is 0. The number of amides is 2. The summed E-state index contributed by atoms with van der Waals surface area (Å²) in [6.45, 7) is 2.97. The molecule has 1 fully saturated rings. The maximum atomic E-state index is 11.9. The van der Waals surface area contributed by atoms with E-state index in [1.54, 1.807) is 6.07 Å². The summed E-state index contributed by atoms with van der Waals surface area (Å²) in [5, 5.41) is 11.6. The first-order chi connectivity index (χ1) is 9.10. The number of aliphatic hydroxyl groups is 1. The first-order valence-corrected chi connectivity index (χ1v) is 6.38. The second-order valence-electron chi connectivity index (χ2n) is 4.91. The van der Waals surface area contributed by atoms with Crippen molar-refractivity contribution in [3.63, 3.8) is 0 Å². The third-order valence-electron chi connectivity index (χ3n) is 3.30. The van der Waals surface area contributed by atoms with Crippen LogP contribution in [0.1, 0.15) is 12.0 Å². The molecule has 0 spiro atoms. The zero-order chi connectivity index (χ0) is 13.8. The van der Waals surface area contributed by atoms with E-state index in [0.29, 0.717) is 18.8 Å². The van der Waals surface area contributed by atoms with Gasteiger partial charge in [0.05, 0.1) is 0 Å². The van der Waals surface area contributed by atoms with Crippen LogP contribution in [-0.4, -0.2) is 41.5 Å². The van der Waals surface area contributed by atoms with Gasteiger partial charge in [-0.25, -0.2) is 0 Å². The fourth-order valence-corrected chi connectivity index (χ4v) is 2.22. The predicted molar refractivity (Wildman–Crippen MR) is 71.6 cm³/mol. The molecule has 0 radical (unpaired) electrons. The lowest BCUT2D eigenvalue weighted by Crippen LogP contribution is -2.38. The number of hydrogen-bond acceptors (Lipinski definition) is 3. The van der Waals surface area contributed by atoms with Crippen LogP contribution in [0.25, 0.3) is 0 Å². The smallest absolute Gasteiger partial charge is 0.313 e. The highest BCUT2D eigenvalue weighted by atomic mass is 16.3. The van der Waals surface area contributed by atoms with Crippen molar-refractivity contribution >= 4 is 17.5 Å². The monoisotopic (exact) mass is 262 g/mol. The van der Waals surface area contributed by atoms with Crippen LogP contribution in [0, 0.1) is 12.8 Å². The van der Waals surface area contributed by atoms with Gasteiger partial charge in [0.1, 0.15) is 0 Å². The van der Waals surface area contributed by atoms with Gasteiger partial charge in [-0.3, -0.25) is 9.59 Å². The number of nitrogens with one attached hydrogen (secondary N) is 1. The lowest BCUT2D eigenvalue weighted by atomic mass is 10.1. The second kappa shape index (κ2) is 5.84. The number of nitrogens with zero attached hydrogens (tertiary/aromatic N) is 1. The number of aryl methyl sites for hydroxylation is 1. The molecule has 1 aliphatic rings. The number of aliphatic hydroxyl groups excluding tert-OH is 1. The second-order valence-corrected chi connectivity index (χ2v) is 4.91. The highest BCUT2D eigenvalue weighted by Crippen LogP contribution is 2.16. The largest absolute Gasteiger partial charge is 0.396 e. The number of carbonyl (C=O) groups is 2. The van der Waals surface area contributed by atoms with E-state index in [9.17, 15) is 9.59 Å². The number of rotatable bonds is 2. The van der Waals surface area contributed by atoms with Gasteiger partial charge in [0.25, 0.3) is 0 Å². The van der Waals surface area contributed by atoms with Gasteiger partial charge < -0.3 is 15.3 Å². The summed E-state index contributed by atoms with van der Waals surface area (Å²) in [5.41, 5.74) is 1.64. The third-order valence-corrected chi connectivity index (χ3v) is 3.30. The van der Waals surface area contributed by atoms with E-state index >= 15 is 0 Å². The molecule has 1 aliphatic heterocycles. The average Bonchev–Trinajstić information content (AvgIpc) is 2.86. The van der Waals surface area contributed by atoms with E-state index in [4.69, 9.17) is 5.11 Å². The Labute approximate surface area is 112 Å². The fourth-order valence-electron chi connectivity index (χ4n) is 2.22. The normalized spacial score (nSPS) is 18.4. The maximum absolute atomic E-state index is 11.9. The van der Waals surface area contributed by atoms with Crippen LogP contribution in [0.15, 0.2) is 24.3 Å². The van der Waals surface area contributed by atoms with Crippen molar-refractivity contribution in [2.75, 3.05) is 25.0 Å². The van der Waals surface area contributed by atoms with Gasteiger partial charge in [-0.1, -0.05) is 12.1 Å². The summed E-state index contributed by atoms with van der Waals surface area (Å²) in [6, 6.07) is 7.31. The molecule has 5 heteroatoms. The van der Waals surface area contributed by atoms with Gasteiger partial charge in [-0.15, -0.1) is 0 Å². The number of hydrogen-bond donors (Lipinski definition) is 2. The Morgan fingerprint density at radius 1 is 1.47 bits per heavy atom. The standard InChI is InChI=1S/C14H18N2O3/c1-10-3-2-4-12(7-10)15-13(18)14(19)16-6-5-11(8-16)9-17/h2-4,7,11,17H,5-6,8-9H2,1H3,(H,15,18). The number of carbonyl (C=O) groups excluding carboxylic acids is 2. The van der Waals surface area contributed by atoms with Crippen LogP contribution in [-0.2, 0) is 9.59 Å². The first kappa shape index (κ1) is 13.5. The average molecular weight is 262 g/mol. The molecule has 0 aliphatic carbocycles. The summed E-state index contributed by atoms with van der Waals surface area (Å²) in [5.74, 6) is -1.06. The van der Waals surface area contributed by atoms with Gasteiger partial charge in [-0.2, -0.15) is 0 Å². The lowest BCUT2D eigenvalue weighted by molar-refractivity contribution is -0.142. The van der Waals surface area contributed by atoms with E-state index < -0.39 is 11.8 Å². The van der Waals surface area contributed by atoms with Gasteiger partial charge in [-0.05, 0) is 31.0 Å². The minimum Gasteiger partial charge on any atom is -0.396 e. The highest BCUT2D eigenvalue weighted by molar-refractivity contribution is 6.39. The SMILES string of the molecule is Cc1cccc(NC(=O)C(=O)N2CCC(CO)C2)c1. The summed E-state index contributed by atoms with van der Waals surface area (Å²) in [6.07, 6.45) is 0.750. The Hall–Kier alpha value is -1.88. The lowest BCUT2D eigenvalue weighted by Gasteiger charge is -2.15. The van der Waals surface area contributed by atoms with Crippen molar-refractivity contribution in [1.29, 1.82) is 0 Å². The van der Waals surface area contributed by atoms with Crippen LogP contribution in [0.3, 0.4) is 0 Å². The highest BCUT2D eigenvalue weighted by Gasteiger charge is 2.29. The number of anilines is 1. The molecular weight excluding hydrogens is 244 g/mol. The van der Waals surface area contributed by atoms with Crippen molar-refractivity contribution in [1.82, 2.24) is 4.90 Å². The summed E-state index contributed by atoms with van der Waals surface area (Å²) < 4.78 is 0. The quantitative estimate of drug-likeness (QED) is 0.774. The van der Waals surface area contributed by atoms with E-state index in [-0.39, 0.29) is 12.5 Å². The molecule has 102 valence electrons. The Bertz CT molecular complexity index is 487. The van der Waals surface area contributed by atoms with Crippen molar-refractivity contribution in [2.24, 2.45) is 5.92 Å². The van der Waals surface area contributed by atoms with Crippen LogP contribution in [0.2, 0.25) is 0 Å².